The summed E-state index contributed by atoms with van der Waals surface area (Å²) in [5.74, 6) is -0.451. The Labute approximate surface area is 182 Å². The van der Waals surface area contributed by atoms with Crippen LogP contribution in [0.3, 0.4) is 0 Å². The molecule has 2 aliphatic rings. The van der Waals surface area contributed by atoms with Crippen LogP contribution in [-0.4, -0.2) is 49.7 Å². The van der Waals surface area contributed by atoms with Crippen LogP contribution in [0.5, 0.6) is 0 Å². The number of fused-ring (bicyclic) bond motifs is 1. The number of thiocarbonyl (C=S) groups is 1. The monoisotopic (exact) mass is 476 g/mol. The summed E-state index contributed by atoms with van der Waals surface area (Å²) in [6.45, 7) is 3.12. The van der Waals surface area contributed by atoms with Gasteiger partial charge in [-0.3, -0.25) is 0 Å². The summed E-state index contributed by atoms with van der Waals surface area (Å²) in [5, 5.41) is 0.952. The normalized spacial score (nSPS) is 20.3. The second kappa shape index (κ2) is 9.42. The molecule has 0 bridgehead atoms. The van der Waals surface area contributed by atoms with E-state index in [1.807, 2.05) is 31.2 Å². The fourth-order valence-corrected chi connectivity index (χ4v) is 6.08. The zero-order chi connectivity index (χ0) is 21.2. The van der Waals surface area contributed by atoms with Gasteiger partial charge < -0.3 is 0 Å². The molecule has 1 amide bonds. The third kappa shape index (κ3) is 5.38. The Morgan fingerprint density at radius 2 is 1.97 bits per heavy atom. The molecule has 1 fully saturated rings. The third-order valence-electron chi connectivity index (χ3n) is 4.08. The first-order chi connectivity index (χ1) is 13.7. The molecular formula is C17H21N2O6PS3. The zero-order valence-corrected chi connectivity index (χ0v) is 19.1. The van der Waals surface area contributed by atoms with Gasteiger partial charge in [-0.1, -0.05) is 0 Å². The number of rotatable bonds is 7. The van der Waals surface area contributed by atoms with Crippen LogP contribution in [0.15, 0.2) is 45.2 Å². The van der Waals surface area contributed by atoms with E-state index in [1.54, 1.807) is 17.8 Å². The van der Waals surface area contributed by atoms with Crippen LogP contribution in [0.25, 0.3) is 0 Å². The van der Waals surface area contributed by atoms with E-state index in [9.17, 15) is 19.5 Å². The average molecular weight is 477 g/mol. The fourth-order valence-electron chi connectivity index (χ4n) is 2.82. The van der Waals surface area contributed by atoms with Crippen molar-refractivity contribution in [3.05, 3.63) is 45.8 Å². The van der Waals surface area contributed by atoms with Crippen molar-refractivity contribution in [2.75, 3.05) is 24.8 Å². The zero-order valence-electron chi connectivity index (χ0n) is 15.7. The van der Waals surface area contributed by atoms with E-state index in [0.717, 1.165) is 44.4 Å². The summed E-state index contributed by atoms with van der Waals surface area (Å²) in [5.41, 5.74) is 2.04. The Balaban J connectivity index is 1.80. The molecule has 158 valence electrons. The SMILES string of the molecule is CCN1/C(=C/C=C2/SC(=S)N(C[PH](O)(O)O)C2=O)Sc2ccc(COOC)cc21. The summed E-state index contributed by atoms with van der Waals surface area (Å²) >= 11 is 7.77. The number of thioether (sulfide) groups is 2. The van der Waals surface area contributed by atoms with Crippen LogP contribution in [0, 0.1) is 0 Å². The summed E-state index contributed by atoms with van der Waals surface area (Å²) in [7, 11) is -2.96. The molecule has 8 nitrogen and oxygen atoms in total. The van der Waals surface area contributed by atoms with Crippen LogP contribution in [0.4, 0.5) is 5.69 Å². The Hall–Kier alpha value is -1.01. The van der Waals surface area contributed by atoms with Crippen molar-refractivity contribution in [2.24, 2.45) is 0 Å². The Morgan fingerprint density at radius 1 is 1.21 bits per heavy atom. The van der Waals surface area contributed by atoms with Crippen LogP contribution >= 0.6 is 43.7 Å². The van der Waals surface area contributed by atoms with Gasteiger partial charge in [-0.05, 0) is 0 Å². The molecule has 0 unspecified atom stereocenters. The second-order valence-corrected chi connectivity index (χ2v) is 10.7. The molecule has 2 heterocycles. The molecule has 0 aromatic heterocycles. The molecule has 0 radical (unpaired) electrons. The van der Waals surface area contributed by atoms with Crippen molar-refractivity contribution in [3.8, 4) is 0 Å². The van der Waals surface area contributed by atoms with E-state index in [0.29, 0.717) is 11.5 Å². The van der Waals surface area contributed by atoms with E-state index < -0.39 is 20.1 Å². The van der Waals surface area contributed by atoms with Gasteiger partial charge in [0.25, 0.3) is 0 Å². The quantitative estimate of drug-likeness (QED) is 0.179. The fraction of sp³-hybridized carbons (Fsp3) is 0.294. The minimum atomic E-state index is -4.43. The van der Waals surface area contributed by atoms with Crippen molar-refractivity contribution in [3.63, 3.8) is 0 Å². The van der Waals surface area contributed by atoms with Gasteiger partial charge in [-0.15, -0.1) is 0 Å². The summed E-state index contributed by atoms with van der Waals surface area (Å²) in [6, 6.07) is 6.03. The van der Waals surface area contributed by atoms with E-state index in [4.69, 9.17) is 17.1 Å². The second-order valence-electron chi connectivity index (χ2n) is 6.15. The number of allylic oxidation sites excluding steroid dienone is 2. The van der Waals surface area contributed by atoms with Crippen molar-refractivity contribution in [2.45, 2.75) is 18.4 Å². The molecule has 0 saturated carbocycles. The summed E-state index contributed by atoms with van der Waals surface area (Å²) in [6.07, 6.45) is 2.94. The van der Waals surface area contributed by atoms with Crippen LogP contribution in [-0.2, 0) is 21.2 Å². The molecule has 1 aromatic rings. The van der Waals surface area contributed by atoms with Gasteiger partial charge in [-0.2, -0.15) is 0 Å². The van der Waals surface area contributed by atoms with Gasteiger partial charge >= 0.3 is 166 Å². The van der Waals surface area contributed by atoms with Crippen LogP contribution < -0.4 is 4.90 Å². The van der Waals surface area contributed by atoms with Gasteiger partial charge in [0.1, 0.15) is 0 Å². The molecule has 0 spiro atoms. The van der Waals surface area contributed by atoms with Crippen molar-refractivity contribution in [1.82, 2.24) is 4.90 Å². The first-order valence-corrected chi connectivity index (χ1v) is 12.7. The van der Waals surface area contributed by atoms with Crippen molar-refractivity contribution >= 4 is 59.6 Å². The van der Waals surface area contributed by atoms with E-state index in [2.05, 4.69) is 9.79 Å². The number of carbonyl (C=O) groups is 1. The molecule has 1 saturated heterocycles. The number of hydrogen-bond donors (Lipinski definition) is 3. The first kappa shape index (κ1) is 22.7. The number of hydrogen-bond acceptors (Lipinski definition) is 10. The van der Waals surface area contributed by atoms with Gasteiger partial charge in [0, 0.05) is 0 Å². The molecular weight excluding hydrogens is 455 g/mol. The predicted molar refractivity (Wildman–Crippen MR) is 120 cm³/mol. The molecule has 2 aliphatic heterocycles. The third-order valence-corrected chi connectivity index (χ3v) is 7.34. The Bertz CT molecular complexity index is 886. The maximum atomic E-state index is 12.5. The standard InChI is InChI=1S/C17H21N2O6PS3/c1-3-18-12-8-11(9-25-24-2)4-5-13(12)28-15(18)7-6-14-16(20)19(17(27)29-14)10-26(21,22)23/h4-8,21-23,26H,3,9-10H2,1-2H3/b14-6+,15-7-. The topological polar surface area (TPSA) is 103 Å². The van der Waals surface area contributed by atoms with E-state index >= 15 is 0 Å². The van der Waals surface area contributed by atoms with Gasteiger partial charge in [0.2, 0.25) is 0 Å². The summed E-state index contributed by atoms with van der Waals surface area (Å²) < 4.78 is 0.186. The molecule has 0 aliphatic carbocycles. The Kier molecular flexibility index (Phi) is 7.36. The number of nitrogens with zero attached hydrogens (tertiary/aromatic N) is 2. The van der Waals surface area contributed by atoms with Gasteiger partial charge in [0.05, 0.1) is 7.11 Å². The minimum absolute atomic E-state index is 0.186. The van der Waals surface area contributed by atoms with Gasteiger partial charge in [-0.25, -0.2) is 9.78 Å². The molecule has 3 N–H and O–H groups in total. The first-order valence-electron chi connectivity index (χ1n) is 8.60. The predicted octanol–water partition coefficient (Wildman–Crippen LogP) is 2.71. The average Bonchev–Trinajstić information content (AvgIpc) is 3.14. The Morgan fingerprint density at radius 3 is 2.62 bits per heavy atom. The molecule has 1 aromatic carbocycles. The van der Waals surface area contributed by atoms with Gasteiger partial charge in [0.15, 0.2) is 0 Å². The number of carbonyl (C=O) groups excluding carboxylic acids is 1. The number of benzene rings is 1. The van der Waals surface area contributed by atoms with E-state index in [-0.39, 0.29) is 4.32 Å². The van der Waals surface area contributed by atoms with Crippen molar-refractivity contribution < 1.29 is 29.2 Å². The number of anilines is 1. The van der Waals surface area contributed by atoms with Crippen molar-refractivity contribution in [1.29, 1.82) is 0 Å². The van der Waals surface area contributed by atoms with Crippen LogP contribution in [0.1, 0.15) is 12.5 Å². The number of amides is 1. The maximum absolute atomic E-state index is 12.5. The molecule has 12 heteroatoms. The van der Waals surface area contributed by atoms with Crippen LogP contribution in [0.2, 0.25) is 0 Å². The molecule has 0 atom stereocenters. The molecule has 3 rings (SSSR count). The molecule has 29 heavy (non-hydrogen) atoms. The van der Waals surface area contributed by atoms with E-state index in [1.165, 1.54) is 7.11 Å². The summed E-state index contributed by atoms with van der Waals surface area (Å²) in [4.78, 5) is 54.6.